The Morgan fingerprint density at radius 1 is 1.00 bits per heavy atom. The highest BCUT2D eigenvalue weighted by molar-refractivity contribution is 6.39. The molecule has 0 atom stereocenters. The number of carbonyl (C=O) groups excluding carboxylic acids is 2. The van der Waals surface area contributed by atoms with Crippen LogP contribution < -0.4 is 10.6 Å². The van der Waals surface area contributed by atoms with Gasteiger partial charge in [-0.2, -0.15) is 0 Å². The predicted molar refractivity (Wildman–Crippen MR) is 92.2 cm³/mol. The van der Waals surface area contributed by atoms with E-state index in [0.29, 0.717) is 12.2 Å². The Morgan fingerprint density at radius 3 is 2.43 bits per heavy atom. The van der Waals surface area contributed by atoms with Gasteiger partial charge in [0.25, 0.3) is 0 Å². The lowest BCUT2D eigenvalue weighted by molar-refractivity contribution is -0.136. The van der Waals surface area contributed by atoms with E-state index in [0.717, 1.165) is 16.7 Å². The maximum Gasteiger partial charge on any atom is 0.313 e. The minimum atomic E-state index is -0.647. The van der Waals surface area contributed by atoms with E-state index >= 15 is 0 Å². The molecule has 0 radical (unpaired) electrons. The molecule has 0 aliphatic heterocycles. The molecule has 120 valence electrons. The number of benzene rings is 2. The highest BCUT2D eigenvalue weighted by Gasteiger charge is 2.15. The molecule has 0 saturated heterocycles. The van der Waals surface area contributed by atoms with Crippen LogP contribution in [0, 0.1) is 6.92 Å². The second-order valence-electron chi connectivity index (χ2n) is 5.87. The molecule has 2 amide bonds. The normalized spacial score (nSPS) is 10.4. The topological polar surface area (TPSA) is 58.2 Å². The number of hydrogen-bond donors (Lipinski definition) is 2. The summed E-state index contributed by atoms with van der Waals surface area (Å²) in [5, 5.41) is 5.33. The molecule has 4 nitrogen and oxygen atoms in total. The van der Waals surface area contributed by atoms with Gasteiger partial charge >= 0.3 is 11.8 Å². The second-order valence-corrected chi connectivity index (χ2v) is 5.87. The molecule has 0 unspecified atom stereocenters. The van der Waals surface area contributed by atoms with Crippen LogP contribution in [0.5, 0.6) is 0 Å². The minimum absolute atomic E-state index is 0.266. The average Bonchev–Trinajstić information content (AvgIpc) is 2.53. The molecule has 2 N–H and O–H groups in total. The molecule has 4 heteroatoms. The molecule has 2 rings (SSSR count). The van der Waals surface area contributed by atoms with Crippen molar-refractivity contribution in [2.75, 3.05) is 5.32 Å². The van der Waals surface area contributed by atoms with Crippen molar-refractivity contribution in [3.63, 3.8) is 0 Å². The SMILES string of the molecule is Cc1cccc(CNC(=O)C(=O)Nc2ccccc2C(C)C)c1. The molecule has 23 heavy (non-hydrogen) atoms. The van der Waals surface area contributed by atoms with Crippen LogP contribution in [0.4, 0.5) is 5.69 Å². The molecule has 0 aromatic heterocycles. The summed E-state index contributed by atoms with van der Waals surface area (Å²) in [7, 11) is 0. The molecule has 0 saturated carbocycles. The number of nitrogens with one attached hydrogen (secondary N) is 2. The van der Waals surface area contributed by atoms with Gasteiger partial charge in [-0.05, 0) is 30.0 Å². The van der Waals surface area contributed by atoms with Crippen molar-refractivity contribution in [3.05, 3.63) is 65.2 Å². The van der Waals surface area contributed by atoms with Gasteiger partial charge in [-0.25, -0.2) is 0 Å². The van der Waals surface area contributed by atoms with Crippen LogP contribution in [0.3, 0.4) is 0 Å². The highest BCUT2D eigenvalue weighted by Crippen LogP contribution is 2.23. The number of para-hydroxylation sites is 1. The Morgan fingerprint density at radius 2 is 1.74 bits per heavy atom. The van der Waals surface area contributed by atoms with Gasteiger partial charge in [-0.3, -0.25) is 9.59 Å². The third kappa shape index (κ3) is 4.68. The third-order valence-electron chi connectivity index (χ3n) is 3.57. The van der Waals surface area contributed by atoms with Crippen LogP contribution >= 0.6 is 0 Å². The van der Waals surface area contributed by atoms with Gasteiger partial charge in [0.2, 0.25) is 0 Å². The molecule has 0 aliphatic rings. The predicted octanol–water partition coefficient (Wildman–Crippen LogP) is 3.37. The van der Waals surface area contributed by atoms with Crippen molar-refractivity contribution >= 4 is 17.5 Å². The summed E-state index contributed by atoms with van der Waals surface area (Å²) in [5.41, 5.74) is 3.77. The molecule has 2 aromatic carbocycles. The van der Waals surface area contributed by atoms with Gasteiger partial charge in [0.1, 0.15) is 0 Å². The zero-order valence-corrected chi connectivity index (χ0v) is 13.7. The van der Waals surface area contributed by atoms with Crippen LogP contribution in [-0.2, 0) is 16.1 Å². The number of anilines is 1. The largest absolute Gasteiger partial charge is 0.344 e. The molecule has 0 heterocycles. The number of hydrogen-bond acceptors (Lipinski definition) is 2. The maximum absolute atomic E-state index is 12.1. The van der Waals surface area contributed by atoms with E-state index in [1.807, 2.05) is 63.2 Å². The quantitative estimate of drug-likeness (QED) is 0.851. The molecular weight excluding hydrogens is 288 g/mol. The third-order valence-corrected chi connectivity index (χ3v) is 3.57. The highest BCUT2D eigenvalue weighted by atomic mass is 16.2. The first-order valence-electron chi connectivity index (χ1n) is 7.71. The number of aryl methyl sites for hydroxylation is 1. The minimum Gasteiger partial charge on any atom is -0.344 e. The van der Waals surface area contributed by atoms with Crippen LogP contribution in [0.1, 0.15) is 36.5 Å². The van der Waals surface area contributed by atoms with Crippen molar-refractivity contribution in [3.8, 4) is 0 Å². The summed E-state index contributed by atoms with van der Waals surface area (Å²) in [6.45, 7) is 6.41. The smallest absolute Gasteiger partial charge is 0.313 e. The maximum atomic E-state index is 12.1. The lowest BCUT2D eigenvalue weighted by Crippen LogP contribution is -2.35. The van der Waals surface area contributed by atoms with E-state index in [4.69, 9.17) is 0 Å². The summed E-state index contributed by atoms with van der Waals surface area (Å²) in [6.07, 6.45) is 0. The van der Waals surface area contributed by atoms with Crippen LogP contribution in [-0.4, -0.2) is 11.8 Å². The van der Waals surface area contributed by atoms with Crippen molar-refractivity contribution in [2.45, 2.75) is 33.2 Å². The first kappa shape index (κ1) is 16.7. The lowest BCUT2D eigenvalue weighted by Gasteiger charge is -2.13. The first-order chi connectivity index (χ1) is 11.0. The van der Waals surface area contributed by atoms with Crippen LogP contribution in [0.15, 0.2) is 48.5 Å². The summed E-state index contributed by atoms with van der Waals surface area (Å²) >= 11 is 0. The summed E-state index contributed by atoms with van der Waals surface area (Å²) in [6, 6.07) is 15.3. The fourth-order valence-corrected chi connectivity index (χ4v) is 2.38. The van der Waals surface area contributed by atoms with Crippen molar-refractivity contribution in [1.82, 2.24) is 5.32 Å². The fourth-order valence-electron chi connectivity index (χ4n) is 2.38. The van der Waals surface area contributed by atoms with Gasteiger partial charge in [0.05, 0.1) is 0 Å². The van der Waals surface area contributed by atoms with Crippen LogP contribution in [0.2, 0.25) is 0 Å². The average molecular weight is 310 g/mol. The zero-order chi connectivity index (χ0) is 16.8. The van der Waals surface area contributed by atoms with Crippen molar-refractivity contribution in [2.24, 2.45) is 0 Å². The Labute approximate surface area is 136 Å². The van der Waals surface area contributed by atoms with Gasteiger partial charge in [-0.15, -0.1) is 0 Å². The van der Waals surface area contributed by atoms with E-state index in [2.05, 4.69) is 10.6 Å². The molecular formula is C19H22N2O2. The summed E-state index contributed by atoms with van der Waals surface area (Å²) in [4.78, 5) is 24.0. The first-order valence-corrected chi connectivity index (χ1v) is 7.71. The molecule has 0 aliphatic carbocycles. The summed E-state index contributed by atoms with van der Waals surface area (Å²) < 4.78 is 0. The van der Waals surface area contributed by atoms with E-state index in [9.17, 15) is 9.59 Å². The van der Waals surface area contributed by atoms with Crippen LogP contribution in [0.25, 0.3) is 0 Å². The molecule has 0 fully saturated rings. The van der Waals surface area contributed by atoms with Gasteiger partial charge in [-0.1, -0.05) is 61.9 Å². The van der Waals surface area contributed by atoms with E-state index in [-0.39, 0.29) is 5.92 Å². The van der Waals surface area contributed by atoms with Gasteiger partial charge in [0, 0.05) is 12.2 Å². The summed E-state index contributed by atoms with van der Waals surface area (Å²) in [5.74, 6) is -1.02. The zero-order valence-electron chi connectivity index (χ0n) is 13.7. The van der Waals surface area contributed by atoms with E-state index in [1.165, 1.54) is 0 Å². The number of carbonyl (C=O) groups is 2. The molecule has 0 spiro atoms. The lowest BCUT2D eigenvalue weighted by atomic mass is 10.0. The second kappa shape index (κ2) is 7.58. The monoisotopic (exact) mass is 310 g/mol. The van der Waals surface area contributed by atoms with E-state index in [1.54, 1.807) is 6.07 Å². The Bertz CT molecular complexity index is 708. The number of rotatable bonds is 4. The standard InChI is InChI=1S/C19H22N2O2/c1-13(2)16-9-4-5-10-17(16)21-19(23)18(22)20-12-15-8-6-7-14(3)11-15/h4-11,13H,12H2,1-3H3,(H,20,22)(H,21,23). The van der Waals surface area contributed by atoms with E-state index < -0.39 is 11.8 Å². The molecule has 0 bridgehead atoms. The van der Waals surface area contributed by atoms with Gasteiger partial charge < -0.3 is 10.6 Å². The number of amides is 2. The Hall–Kier alpha value is -2.62. The Kier molecular flexibility index (Phi) is 5.52. The van der Waals surface area contributed by atoms with Crippen molar-refractivity contribution in [1.29, 1.82) is 0 Å². The Balaban J connectivity index is 1.97. The fraction of sp³-hybridized carbons (Fsp3) is 0.263. The van der Waals surface area contributed by atoms with Crippen molar-refractivity contribution < 1.29 is 9.59 Å². The molecule has 2 aromatic rings. The van der Waals surface area contributed by atoms with Gasteiger partial charge in [0.15, 0.2) is 0 Å².